The van der Waals surface area contributed by atoms with Crippen LogP contribution in [-0.2, 0) is 0 Å². The van der Waals surface area contributed by atoms with Gasteiger partial charge in [0.05, 0.1) is 7.11 Å². The van der Waals surface area contributed by atoms with Crippen molar-refractivity contribution in [1.29, 1.82) is 0 Å². The maximum atomic E-state index is 5.33. The van der Waals surface area contributed by atoms with Gasteiger partial charge in [-0.3, -0.25) is 4.99 Å². The molecule has 1 aromatic rings. The first-order chi connectivity index (χ1) is 11.7. The smallest absolute Gasteiger partial charge is 0.193 e. The van der Waals surface area contributed by atoms with Gasteiger partial charge in [-0.25, -0.2) is 0 Å². The molecule has 1 fully saturated rings. The van der Waals surface area contributed by atoms with Crippen molar-refractivity contribution in [2.24, 2.45) is 10.9 Å². The first-order valence-corrected chi connectivity index (χ1v) is 8.98. The second kappa shape index (κ2) is 11.4. The highest BCUT2D eigenvalue weighted by atomic mass is 127. The summed E-state index contributed by atoms with van der Waals surface area (Å²) in [4.78, 5) is 9.07. The molecule has 1 atom stereocenters. The molecule has 0 aromatic heterocycles. The van der Waals surface area contributed by atoms with E-state index in [0.29, 0.717) is 5.92 Å². The minimum Gasteiger partial charge on any atom is -0.497 e. The molecule has 6 heteroatoms. The van der Waals surface area contributed by atoms with Crippen molar-refractivity contribution in [3.8, 4) is 5.75 Å². The monoisotopic (exact) mass is 460 g/mol. The molecular formula is C19H33IN4O. The van der Waals surface area contributed by atoms with E-state index in [9.17, 15) is 0 Å². The molecule has 0 saturated carbocycles. The highest BCUT2D eigenvalue weighted by Crippen LogP contribution is 2.26. The molecule has 142 valence electrons. The zero-order valence-electron chi connectivity index (χ0n) is 16.0. The number of nitrogens with zero attached hydrogens (tertiary/aromatic N) is 3. The SMILES string of the molecule is CCCCN(C)C(=NC)NCC1CCN(c2cccc(OC)c2)C1.I. The summed E-state index contributed by atoms with van der Waals surface area (Å²) in [7, 11) is 5.70. The molecule has 0 bridgehead atoms. The molecule has 0 radical (unpaired) electrons. The number of halogens is 1. The third-order valence-corrected chi connectivity index (χ3v) is 4.67. The third kappa shape index (κ3) is 6.56. The van der Waals surface area contributed by atoms with Crippen LogP contribution in [-0.4, -0.2) is 58.2 Å². The predicted molar refractivity (Wildman–Crippen MR) is 118 cm³/mol. The lowest BCUT2D eigenvalue weighted by atomic mass is 10.1. The molecule has 1 aliphatic heterocycles. The number of unbranched alkanes of at least 4 members (excludes halogenated alkanes) is 1. The summed E-state index contributed by atoms with van der Waals surface area (Å²) in [6.07, 6.45) is 3.61. The fraction of sp³-hybridized carbons (Fsp3) is 0.632. The Bertz CT molecular complexity index is 538. The number of rotatable bonds is 7. The summed E-state index contributed by atoms with van der Waals surface area (Å²) in [6, 6.07) is 8.34. The van der Waals surface area contributed by atoms with Gasteiger partial charge in [-0.05, 0) is 30.9 Å². The number of methoxy groups -OCH3 is 1. The molecule has 1 unspecified atom stereocenters. The van der Waals surface area contributed by atoms with Gasteiger partial charge in [0.2, 0.25) is 0 Å². The van der Waals surface area contributed by atoms with Gasteiger partial charge in [-0.2, -0.15) is 0 Å². The molecule has 1 heterocycles. The van der Waals surface area contributed by atoms with Crippen LogP contribution in [0.3, 0.4) is 0 Å². The molecule has 25 heavy (non-hydrogen) atoms. The first kappa shape index (κ1) is 21.9. The lowest BCUT2D eigenvalue weighted by Crippen LogP contribution is -2.41. The van der Waals surface area contributed by atoms with Crippen molar-refractivity contribution >= 4 is 35.6 Å². The van der Waals surface area contributed by atoms with Crippen LogP contribution in [0.25, 0.3) is 0 Å². The Morgan fingerprint density at radius 2 is 2.24 bits per heavy atom. The topological polar surface area (TPSA) is 40.1 Å². The van der Waals surface area contributed by atoms with Gasteiger partial charge >= 0.3 is 0 Å². The molecule has 0 amide bonds. The summed E-state index contributed by atoms with van der Waals surface area (Å²) in [5.74, 6) is 2.57. The number of aliphatic imine (C=N–C) groups is 1. The van der Waals surface area contributed by atoms with Crippen LogP contribution in [0.2, 0.25) is 0 Å². The van der Waals surface area contributed by atoms with E-state index >= 15 is 0 Å². The van der Waals surface area contributed by atoms with E-state index in [4.69, 9.17) is 4.74 Å². The third-order valence-electron chi connectivity index (χ3n) is 4.67. The normalized spacial score (nSPS) is 17.2. The molecule has 1 aliphatic rings. The Morgan fingerprint density at radius 3 is 2.92 bits per heavy atom. The second-order valence-electron chi connectivity index (χ2n) is 6.51. The largest absolute Gasteiger partial charge is 0.497 e. The maximum Gasteiger partial charge on any atom is 0.193 e. The van der Waals surface area contributed by atoms with Crippen molar-refractivity contribution in [3.05, 3.63) is 24.3 Å². The molecule has 0 spiro atoms. The fourth-order valence-corrected chi connectivity index (χ4v) is 3.16. The van der Waals surface area contributed by atoms with Gasteiger partial charge in [-0.1, -0.05) is 19.4 Å². The Labute approximate surface area is 169 Å². The van der Waals surface area contributed by atoms with Crippen LogP contribution in [0.5, 0.6) is 5.75 Å². The number of ether oxygens (including phenoxy) is 1. The number of hydrogen-bond donors (Lipinski definition) is 1. The average molecular weight is 460 g/mol. The van der Waals surface area contributed by atoms with E-state index in [1.807, 2.05) is 13.1 Å². The van der Waals surface area contributed by atoms with Crippen molar-refractivity contribution in [2.75, 3.05) is 52.3 Å². The maximum absolute atomic E-state index is 5.33. The molecule has 0 aliphatic carbocycles. The van der Waals surface area contributed by atoms with E-state index in [0.717, 1.165) is 37.9 Å². The molecule has 1 aromatic carbocycles. The van der Waals surface area contributed by atoms with Gasteiger partial charge in [-0.15, -0.1) is 24.0 Å². The van der Waals surface area contributed by atoms with Gasteiger partial charge in [0.1, 0.15) is 5.75 Å². The van der Waals surface area contributed by atoms with Crippen LogP contribution in [0, 0.1) is 5.92 Å². The zero-order valence-corrected chi connectivity index (χ0v) is 18.3. The predicted octanol–water partition coefficient (Wildman–Crippen LogP) is 3.45. The number of benzene rings is 1. The lowest BCUT2D eigenvalue weighted by Gasteiger charge is -2.23. The summed E-state index contributed by atoms with van der Waals surface area (Å²) >= 11 is 0. The van der Waals surface area contributed by atoms with Crippen LogP contribution in [0.15, 0.2) is 29.3 Å². The summed E-state index contributed by atoms with van der Waals surface area (Å²) in [6.45, 7) is 6.43. The lowest BCUT2D eigenvalue weighted by molar-refractivity contribution is 0.415. The Morgan fingerprint density at radius 1 is 1.44 bits per heavy atom. The van der Waals surface area contributed by atoms with Gasteiger partial charge in [0.25, 0.3) is 0 Å². The highest BCUT2D eigenvalue weighted by Gasteiger charge is 2.23. The van der Waals surface area contributed by atoms with Crippen LogP contribution >= 0.6 is 24.0 Å². The minimum absolute atomic E-state index is 0. The van der Waals surface area contributed by atoms with E-state index < -0.39 is 0 Å². The number of anilines is 1. The fourth-order valence-electron chi connectivity index (χ4n) is 3.16. The molecule has 5 nitrogen and oxygen atoms in total. The molecule has 2 rings (SSSR count). The minimum atomic E-state index is 0. The zero-order chi connectivity index (χ0) is 17.4. The standard InChI is InChI=1S/C19H32N4O.HI/c1-5-6-11-22(3)19(20-2)21-14-16-10-12-23(15-16)17-8-7-9-18(13-17)24-4;/h7-9,13,16H,5-6,10-12,14-15H2,1-4H3,(H,20,21);1H. The highest BCUT2D eigenvalue weighted by molar-refractivity contribution is 14.0. The van der Waals surface area contributed by atoms with E-state index in [1.165, 1.54) is 24.9 Å². The average Bonchev–Trinajstić information content (AvgIpc) is 3.09. The summed E-state index contributed by atoms with van der Waals surface area (Å²) < 4.78 is 5.33. The van der Waals surface area contributed by atoms with Crippen molar-refractivity contribution in [1.82, 2.24) is 10.2 Å². The van der Waals surface area contributed by atoms with E-state index in [1.54, 1.807) is 7.11 Å². The second-order valence-corrected chi connectivity index (χ2v) is 6.51. The quantitative estimate of drug-likeness (QED) is 0.385. The van der Waals surface area contributed by atoms with Crippen molar-refractivity contribution in [3.63, 3.8) is 0 Å². The van der Waals surface area contributed by atoms with Crippen molar-refractivity contribution < 1.29 is 4.74 Å². The summed E-state index contributed by atoms with van der Waals surface area (Å²) in [5, 5.41) is 3.54. The Balaban J connectivity index is 0.00000312. The van der Waals surface area contributed by atoms with Crippen molar-refractivity contribution in [2.45, 2.75) is 26.2 Å². The van der Waals surface area contributed by atoms with Gasteiger partial charge in [0.15, 0.2) is 5.96 Å². The number of nitrogens with one attached hydrogen (secondary N) is 1. The first-order valence-electron chi connectivity index (χ1n) is 8.98. The number of guanidine groups is 1. The number of hydrogen-bond acceptors (Lipinski definition) is 3. The molecule has 1 N–H and O–H groups in total. The van der Waals surface area contributed by atoms with Crippen LogP contribution in [0.4, 0.5) is 5.69 Å². The Hall–Kier alpha value is -1.18. The van der Waals surface area contributed by atoms with Crippen LogP contribution in [0.1, 0.15) is 26.2 Å². The Kier molecular flexibility index (Phi) is 10.0. The molecule has 1 saturated heterocycles. The van der Waals surface area contributed by atoms with E-state index in [-0.39, 0.29) is 24.0 Å². The molecular weight excluding hydrogens is 427 g/mol. The van der Waals surface area contributed by atoms with Crippen LogP contribution < -0.4 is 15.0 Å². The van der Waals surface area contributed by atoms with Gasteiger partial charge < -0.3 is 19.9 Å². The van der Waals surface area contributed by atoms with Gasteiger partial charge in [0, 0.05) is 52.0 Å². The summed E-state index contributed by atoms with van der Waals surface area (Å²) in [5.41, 5.74) is 1.25. The van der Waals surface area contributed by atoms with E-state index in [2.05, 4.69) is 52.3 Å².